The second-order valence-corrected chi connectivity index (χ2v) is 6.72. The van der Waals surface area contributed by atoms with Gasteiger partial charge in [0, 0.05) is 12.1 Å². The van der Waals surface area contributed by atoms with Crippen molar-refractivity contribution in [3.05, 3.63) is 107 Å². The fourth-order valence-electron chi connectivity index (χ4n) is 3.64. The zero-order valence-electron chi connectivity index (χ0n) is 15.6. The van der Waals surface area contributed by atoms with E-state index in [-0.39, 0.29) is 17.7 Å². The third kappa shape index (κ3) is 3.25. The van der Waals surface area contributed by atoms with E-state index in [1.54, 1.807) is 12.0 Å². The lowest BCUT2D eigenvalue weighted by Gasteiger charge is -2.27. The van der Waals surface area contributed by atoms with Gasteiger partial charge in [0.05, 0.1) is 13.2 Å². The first-order chi connectivity index (χ1) is 13.7. The van der Waals surface area contributed by atoms with E-state index < -0.39 is 0 Å². The number of nitrogens with zero attached hydrogens (tertiary/aromatic N) is 1. The Morgan fingerprint density at radius 3 is 2.11 bits per heavy atom. The van der Waals surface area contributed by atoms with Gasteiger partial charge in [0.1, 0.15) is 5.75 Å². The van der Waals surface area contributed by atoms with Crippen molar-refractivity contribution in [2.45, 2.75) is 12.6 Å². The number of aliphatic hydroxyl groups is 1. The number of ether oxygens (including phenoxy) is 1. The van der Waals surface area contributed by atoms with Crippen LogP contribution in [0.3, 0.4) is 0 Å². The van der Waals surface area contributed by atoms with Crippen LogP contribution in [0, 0.1) is 0 Å². The number of rotatable bonds is 5. The van der Waals surface area contributed by atoms with Crippen LogP contribution in [-0.4, -0.2) is 23.0 Å². The number of carbonyl (C=O) groups is 1. The van der Waals surface area contributed by atoms with Crippen molar-refractivity contribution < 1.29 is 14.6 Å². The van der Waals surface area contributed by atoms with E-state index in [0.29, 0.717) is 12.1 Å². The van der Waals surface area contributed by atoms with Crippen molar-refractivity contribution in [3.8, 4) is 5.75 Å². The van der Waals surface area contributed by atoms with Crippen molar-refractivity contribution in [1.29, 1.82) is 0 Å². The highest BCUT2D eigenvalue weighted by molar-refractivity contribution is 6.05. The average Bonchev–Trinajstić information content (AvgIpc) is 3.00. The normalized spacial score (nSPS) is 16.5. The van der Waals surface area contributed by atoms with Gasteiger partial charge in [-0.1, -0.05) is 72.8 Å². The number of carbonyl (C=O) groups excluding carboxylic acids is 1. The van der Waals surface area contributed by atoms with Gasteiger partial charge in [-0.3, -0.25) is 4.79 Å². The standard InChI is InChI=1S/C24H21NO3/c1-28-20-14-12-19(13-15-20)22-21(18-10-6-3-7-11-18)23(26)24(27)25(22)16-17-8-4-2-5-9-17/h2-15,22,26H,16H2,1H3/t22-/m0/s1. The van der Waals surface area contributed by atoms with Crippen molar-refractivity contribution >= 4 is 11.5 Å². The number of methoxy groups -OCH3 is 1. The van der Waals surface area contributed by atoms with Crippen LogP contribution in [0.15, 0.2) is 90.7 Å². The lowest BCUT2D eigenvalue weighted by atomic mass is 9.93. The number of hydrogen-bond acceptors (Lipinski definition) is 3. The highest BCUT2D eigenvalue weighted by atomic mass is 16.5. The summed E-state index contributed by atoms with van der Waals surface area (Å²) >= 11 is 0. The van der Waals surface area contributed by atoms with Gasteiger partial charge in [-0.2, -0.15) is 0 Å². The molecule has 1 N–H and O–H groups in total. The topological polar surface area (TPSA) is 49.8 Å². The molecule has 4 heteroatoms. The molecule has 28 heavy (non-hydrogen) atoms. The summed E-state index contributed by atoms with van der Waals surface area (Å²) < 4.78 is 5.27. The maximum Gasteiger partial charge on any atom is 0.290 e. The summed E-state index contributed by atoms with van der Waals surface area (Å²) in [6.07, 6.45) is 0. The largest absolute Gasteiger partial charge is 0.503 e. The van der Waals surface area contributed by atoms with Crippen LogP contribution >= 0.6 is 0 Å². The molecule has 0 saturated carbocycles. The quantitative estimate of drug-likeness (QED) is 0.704. The molecule has 0 unspecified atom stereocenters. The zero-order valence-corrected chi connectivity index (χ0v) is 15.6. The molecular weight excluding hydrogens is 350 g/mol. The van der Waals surface area contributed by atoms with E-state index in [0.717, 1.165) is 22.4 Å². The summed E-state index contributed by atoms with van der Waals surface area (Å²) in [7, 11) is 1.62. The SMILES string of the molecule is COc1ccc([C@H]2C(c3ccccc3)=C(O)C(=O)N2Cc2ccccc2)cc1. The van der Waals surface area contributed by atoms with E-state index in [2.05, 4.69) is 0 Å². The molecule has 1 aliphatic heterocycles. The van der Waals surface area contributed by atoms with Crippen LogP contribution in [0.1, 0.15) is 22.7 Å². The first kappa shape index (κ1) is 17.9. The van der Waals surface area contributed by atoms with Gasteiger partial charge in [-0.05, 0) is 28.8 Å². The van der Waals surface area contributed by atoms with Crippen LogP contribution < -0.4 is 4.74 Å². The molecule has 0 aliphatic carbocycles. The van der Waals surface area contributed by atoms with Crippen LogP contribution in [0.4, 0.5) is 0 Å². The van der Waals surface area contributed by atoms with E-state index in [1.807, 2.05) is 84.9 Å². The van der Waals surface area contributed by atoms with E-state index >= 15 is 0 Å². The van der Waals surface area contributed by atoms with Crippen LogP contribution in [0.2, 0.25) is 0 Å². The first-order valence-corrected chi connectivity index (χ1v) is 9.16. The Morgan fingerprint density at radius 1 is 0.893 bits per heavy atom. The minimum absolute atomic E-state index is 0.192. The number of aliphatic hydroxyl groups excluding tert-OH is 1. The lowest BCUT2D eigenvalue weighted by molar-refractivity contribution is -0.130. The second kappa shape index (κ2) is 7.61. The Bertz CT molecular complexity index is 995. The van der Waals surface area contributed by atoms with Crippen molar-refractivity contribution in [1.82, 2.24) is 4.90 Å². The molecule has 1 aliphatic rings. The Balaban J connectivity index is 1.80. The summed E-state index contributed by atoms with van der Waals surface area (Å²) in [5.41, 5.74) is 3.40. The average molecular weight is 371 g/mol. The predicted octanol–water partition coefficient (Wildman–Crippen LogP) is 4.75. The van der Waals surface area contributed by atoms with Gasteiger partial charge >= 0.3 is 0 Å². The molecule has 3 aromatic rings. The van der Waals surface area contributed by atoms with Gasteiger partial charge in [-0.25, -0.2) is 0 Å². The summed E-state index contributed by atoms with van der Waals surface area (Å²) in [6, 6.07) is 26.6. The Labute approximate surface area is 164 Å². The fraction of sp³-hybridized carbons (Fsp3) is 0.125. The third-order valence-corrected chi connectivity index (χ3v) is 5.02. The van der Waals surface area contributed by atoms with E-state index in [4.69, 9.17) is 4.74 Å². The van der Waals surface area contributed by atoms with Gasteiger partial charge in [0.15, 0.2) is 5.76 Å². The minimum Gasteiger partial charge on any atom is -0.503 e. The van der Waals surface area contributed by atoms with Gasteiger partial charge < -0.3 is 14.7 Å². The summed E-state index contributed by atoms with van der Waals surface area (Å²) in [6.45, 7) is 0.413. The molecular formula is C24H21NO3. The van der Waals surface area contributed by atoms with Crippen LogP contribution in [0.5, 0.6) is 5.75 Å². The summed E-state index contributed by atoms with van der Waals surface area (Å²) in [4.78, 5) is 14.7. The van der Waals surface area contributed by atoms with E-state index in [9.17, 15) is 9.90 Å². The molecule has 0 bridgehead atoms. The highest BCUT2D eigenvalue weighted by Gasteiger charge is 2.40. The summed E-state index contributed by atoms with van der Waals surface area (Å²) in [5.74, 6) is 0.198. The number of amides is 1. The van der Waals surface area contributed by atoms with Crippen molar-refractivity contribution in [2.75, 3.05) is 7.11 Å². The molecule has 0 fully saturated rings. The molecule has 1 atom stereocenters. The fourth-order valence-corrected chi connectivity index (χ4v) is 3.64. The number of hydrogen-bond donors (Lipinski definition) is 1. The first-order valence-electron chi connectivity index (χ1n) is 9.16. The maximum atomic E-state index is 13.0. The van der Waals surface area contributed by atoms with Gasteiger partial charge in [0.2, 0.25) is 0 Å². The predicted molar refractivity (Wildman–Crippen MR) is 109 cm³/mol. The minimum atomic E-state index is -0.374. The van der Waals surface area contributed by atoms with Gasteiger partial charge in [-0.15, -0.1) is 0 Å². The molecule has 4 rings (SSSR count). The zero-order chi connectivity index (χ0) is 19.5. The van der Waals surface area contributed by atoms with Crippen molar-refractivity contribution in [2.24, 2.45) is 0 Å². The summed E-state index contributed by atoms with van der Waals surface area (Å²) in [5, 5.41) is 10.8. The molecule has 0 spiro atoms. The maximum absolute atomic E-state index is 13.0. The van der Waals surface area contributed by atoms with E-state index in [1.165, 1.54) is 0 Å². The third-order valence-electron chi connectivity index (χ3n) is 5.02. The molecule has 4 nitrogen and oxygen atoms in total. The Kier molecular flexibility index (Phi) is 4.85. The molecule has 0 radical (unpaired) electrons. The smallest absolute Gasteiger partial charge is 0.290 e. The monoisotopic (exact) mass is 371 g/mol. The van der Waals surface area contributed by atoms with Crippen molar-refractivity contribution in [3.63, 3.8) is 0 Å². The Morgan fingerprint density at radius 2 is 1.50 bits per heavy atom. The Hall–Kier alpha value is -3.53. The van der Waals surface area contributed by atoms with Crippen LogP contribution in [0.25, 0.3) is 5.57 Å². The van der Waals surface area contributed by atoms with Crippen LogP contribution in [-0.2, 0) is 11.3 Å². The molecule has 3 aromatic carbocycles. The highest BCUT2D eigenvalue weighted by Crippen LogP contribution is 2.43. The van der Waals surface area contributed by atoms with Gasteiger partial charge in [0.25, 0.3) is 5.91 Å². The molecule has 0 saturated heterocycles. The lowest BCUT2D eigenvalue weighted by Crippen LogP contribution is -2.29. The molecule has 0 aromatic heterocycles. The molecule has 140 valence electrons. The molecule has 1 heterocycles. The molecule has 1 amide bonds. The second-order valence-electron chi connectivity index (χ2n) is 6.72. The number of benzene rings is 3.